The predicted molar refractivity (Wildman–Crippen MR) is 77.3 cm³/mol. The van der Waals surface area contributed by atoms with E-state index in [1.165, 1.54) is 6.07 Å². The van der Waals surface area contributed by atoms with Crippen molar-refractivity contribution >= 4 is 27.1 Å². The van der Waals surface area contributed by atoms with Gasteiger partial charge >= 0.3 is 5.97 Å². The molecular formula is C14H14O4S2. The molecule has 1 aromatic carbocycles. The Kier molecular flexibility index (Phi) is 4.57. The maximum Gasteiger partial charge on any atom is 0.329 e. The highest BCUT2D eigenvalue weighted by Crippen LogP contribution is 2.32. The number of sulfone groups is 1. The fraction of sp³-hybridized carbons (Fsp3) is 0.214. The fourth-order valence-electron chi connectivity index (χ4n) is 1.83. The van der Waals surface area contributed by atoms with Crippen LogP contribution in [0.15, 0.2) is 52.1 Å². The van der Waals surface area contributed by atoms with Crippen LogP contribution < -0.4 is 0 Å². The average molecular weight is 310 g/mol. The molecule has 2 rings (SSSR count). The van der Waals surface area contributed by atoms with Crippen LogP contribution in [-0.2, 0) is 19.4 Å². The second kappa shape index (κ2) is 6.19. The van der Waals surface area contributed by atoms with Crippen LogP contribution in [0.1, 0.15) is 17.7 Å². The summed E-state index contributed by atoms with van der Waals surface area (Å²) >= 11 is 1.09. The fourth-order valence-corrected chi connectivity index (χ4v) is 4.61. The average Bonchev–Trinajstić information content (AvgIpc) is 2.94. The molecule has 1 aromatic heterocycles. The third-order valence-corrected chi connectivity index (χ3v) is 6.12. The molecule has 0 radical (unpaired) electrons. The van der Waals surface area contributed by atoms with Gasteiger partial charge in [0, 0.05) is 0 Å². The molecule has 106 valence electrons. The Morgan fingerprint density at radius 2 is 1.90 bits per heavy atom. The van der Waals surface area contributed by atoms with Crippen molar-refractivity contribution in [2.24, 2.45) is 0 Å². The summed E-state index contributed by atoms with van der Waals surface area (Å²) in [5.74, 6) is -0.743. The quantitative estimate of drug-likeness (QED) is 0.797. The third-order valence-electron chi connectivity index (χ3n) is 2.69. The Bertz CT molecular complexity index is 660. The molecule has 0 bridgehead atoms. The van der Waals surface area contributed by atoms with Crippen LogP contribution in [0.4, 0.5) is 0 Å². The molecule has 0 N–H and O–H groups in total. The summed E-state index contributed by atoms with van der Waals surface area (Å²) in [4.78, 5) is 12.1. The molecule has 0 spiro atoms. The normalized spacial score (nSPS) is 12.8. The van der Waals surface area contributed by atoms with Gasteiger partial charge in [-0.1, -0.05) is 36.4 Å². The van der Waals surface area contributed by atoms with E-state index < -0.39 is 21.1 Å². The third kappa shape index (κ3) is 2.91. The number of hydrogen-bond acceptors (Lipinski definition) is 5. The lowest BCUT2D eigenvalue weighted by Gasteiger charge is -2.15. The molecule has 2 aromatic rings. The van der Waals surface area contributed by atoms with Crippen LogP contribution in [0, 0.1) is 0 Å². The van der Waals surface area contributed by atoms with Gasteiger partial charge in [-0.05, 0) is 23.9 Å². The van der Waals surface area contributed by atoms with Crippen LogP contribution in [0.3, 0.4) is 0 Å². The molecule has 0 aliphatic carbocycles. The van der Waals surface area contributed by atoms with Gasteiger partial charge in [0.05, 0.1) is 6.61 Å². The molecule has 0 aliphatic heterocycles. The second-order valence-electron chi connectivity index (χ2n) is 4.02. The number of benzene rings is 1. The minimum Gasteiger partial charge on any atom is -0.465 e. The maximum atomic E-state index is 12.6. The monoisotopic (exact) mass is 310 g/mol. The summed E-state index contributed by atoms with van der Waals surface area (Å²) in [5, 5.41) is 0.349. The maximum absolute atomic E-state index is 12.6. The highest BCUT2D eigenvalue weighted by atomic mass is 32.2. The molecule has 0 amide bonds. The Morgan fingerprint density at radius 3 is 2.45 bits per heavy atom. The molecule has 1 heterocycles. The zero-order valence-corrected chi connectivity index (χ0v) is 12.5. The van der Waals surface area contributed by atoms with E-state index in [9.17, 15) is 13.2 Å². The molecular weight excluding hydrogens is 296 g/mol. The van der Waals surface area contributed by atoms with E-state index in [1.54, 1.807) is 48.7 Å². The molecule has 4 nitrogen and oxygen atoms in total. The molecule has 0 aliphatic rings. The van der Waals surface area contributed by atoms with E-state index in [2.05, 4.69) is 0 Å². The Balaban J connectivity index is 2.50. The van der Waals surface area contributed by atoms with Crippen molar-refractivity contribution < 1.29 is 17.9 Å². The zero-order chi connectivity index (χ0) is 14.6. The molecule has 20 heavy (non-hydrogen) atoms. The van der Waals surface area contributed by atoms with Crippen LogP contribution in [0.25, 0.3) is 0 Å². The van der Waals surface area contributed by atoms with Crippen molar-refractivity contribution in [3.63, 3.8) is 0 Å². The summed E-state index contributed by atoms with van der Waals surface area (Å²) in [7, 11) is -3.79. The summed E-state index contributed by atoms with van der Waals surface area (Å²) in [6.07, 6.45) is 0. The number of rotatable bonds is 5. The van der Waals surface area contributed by atoms with Crippen molar-refractivity contribution in [1.29, 1.82) is 0 Å². The first-order valence-electron chi connectivity index (χ1n) is 6.06. The van der Waals surface area contributed by atoms with Crippen molar-refractivity contribution in [3.05, 3.63) is 53.4 Å². The standard InChI is InChI=1S/C14H14O4S2/c1-2-18-14(15)13(11-7-4-3-5-8-11)20(16,17)12-9-6-10-19-12/h3-10,13H,2H2,1H3. The van der Waals surface area contributed by atoms with Gasteiger partial charge in [-0.3, -0.25) is 4.79 Å². The Morgan fingerprint density at radius 1 is 1.20 bits per heavy atom. The van der Waals surface area contributed by atoms with Crippen LogP contribution in [-0.4, -0.2) is 21.0 Å². The number of carbonyl (C=O) groups is 1. The van der Waals surface area contributed by atoms with Gasteiger partial charge < -0.3 is 4.74 Å². The van der Waals surface area contributed by atoms with Crippen molar-refractivity contribution in [2.45, 2.75) is 16.4 Å². The van der Waals surface area contributed by atoms with E-state index in [4.69, 9.17) is 4.74 Å². The van der Waals surface area contributed by atoms with Crippen molar-refractivity contribution in [1.82, 2.24) is 0 Å². The van der Waals surface area contributed by atoms with E-state index in [1.807, 2.05) is 0 Å². The minimum atomic E-state index is -3.79. The molecule has 0 saturated carbocycles. The largest absolute Gasteiger partial charge is 0.465 e. The highest BCUT2D eigenvalue weighted by molar-refractivity contribution is 7.94. The summed E-state index contributed by atoms with van der Waals surface area (Å²) in [6.45, 7) is 1.79. The van der Waals surface area contributed by atoms with Gasteiger partial charge in [0.2, 0.25) is 9.84 Å². The van der Waals surface area contributed by atoms with Crippen molar-refractivity contribution in [3.8, 4) is 0 Å². The number of carbonyl (C=O) groups excluding carboxylic acids is 1. The predicted octanol–water partition coefficient (Wildman–Crippen LogP) is 2.83. The second-order valence-corrected chi connectivity index (χ2v) is 7.23. The van der Waals surface area contributed by atoms with Gasteiger partial charge in [-0.2, -0.15) is 0 Å². The number of thiophene rings is 1. The lowest BCUT2D eigenvalue weighted by Crippen LogP contribution is -2.24. The van der Waals surface area contributed by atoms with Gasteiger partial charge in [-0.25, -0.2) is 8.42 Å². The topological polar surface area (TPSA) is 60.4 Å². The summed E-state index contributed by atoms with van der Waals surface area (Å²) < 4.78 is 30.3. The molecule has 1 unspecified atom stereocenters. The first-order chi connectivity index (χ1) is 9.57. The smallest absolute Gasteiger partial charge is 0.329 e. The number of esters is 1. The van der Waals surface area contributed by atoms with Gasteiger partial charge in [0.15, 0.2) is 5.25 Å². The first kappa shape index (κ1) is 14.7. The SMILES string of the molecule is CCOC(=O)C(c1ccccc1)S(=O)(=O)c1cccs1. The number of ether oxygens (including phenoxy) is 1. The van der Waals surface area contributed by atoms with E-state index in [0.29, 0.717) is 5.56 Å². The molecule has 0 saturated heterocycles. The van der Waals surface area contributed by atoms with Crippen LogP contribution in [0.5, 0.6) is 0 Å². The highest BCUT2D eigenvalue weighted by Gasteiger charge is 2.37. The Hall–Kier alpha value is -1.66. The van der Waals surface area contributed by atoms with Crippen LogP contribution >= 0.6 is 11.3 Å². The van der Waals surface area contributed by atoms with Crippen molar-refractivity contribution in [2.75, 3.05) is 6.61 Å². The molecule has 6 heteroatoms. The molecule has 0 fully saturated rings. The first-order valence-corrected chi connectivity index (χ1v) is 8.49. The zero-order valence-electron chi connectivity index (χ0n) is 10.9. The lowest BCUT2D eigenvalue weighted by molar-refractivity contribution is -0.142. The van der Waals surface area contributed by atoms with E-state index in [0.717, 1.165) is 11.3 Å². The Labute approximate surface area is 121 Å². The number of hydrogen-bond donors (Lipinski definition) is 0. The van der Waals surface area contributed by atoms with E-state index in [-0.39, 0.29) is 10.8 Å². The van der Waals surface area contributed by atoms with Crippen LogP contribution in [0.2, 0.25) is 0 Å². The van der Waals surface area contributed by atoms with Gasteiger partial charge in [0.25, 0.3) is 0 Å². The lowest BCUT2D eigenvalue weighted by atomic mass is 10.1. The summed E-state index contributed by atoms with van der Waals surface area (Å²) in [6, 6.07) is 11.5. The van der Waals surface area contributed by atoms with Gasteiger partial charge in [0.1, 0.15) is 4.21 Å². The molecule has 1 atom stereocenters. The summed E-state index contributed by atoms with van der Waals surface area (Å²) in [5.41, 5.74) is 0.416. The van der Waals surface area contributed by atoms with Gasteiger partial charge in [-0.15, -0.1) is 11.3 Å². The van der Waals surface area contributed by atoms with E-state index >= 15 is 0 Å². The minimum absolute atomic E-state index is 0.141.